The first-order valence-electron chi connectivity index (χ1n) is 10.6. The average Bonchev–Trinajstić information content (AvgIpc) is 3.31. The Kier molecular flexibility index (Phi) is 6.12. The van der Waals surface area contributed by atoms with E-state index in [1.165, 1.54) is 4.68 Å². The number of amides is 1. The molecule has 0 aliphatic heterocycles. The van der Waals surface area contributed by atoms with Gasteiger partial charge in [-0.3, -0.25) is 4.79 Å². The highest BCUT2D eigenvalue weighted by Gasteiger charge is 2.20. The van der Waals surface area contributed by atoms with Gasteiger partial charge in [0.2, 0.25) is 5.89 Å². The smallest absolute Gasteiger partial charge is 0.280 e. The fraction of sp³-hybridized carbons (Fsp3) is 0.250. The predicted octanol–water partition coefficient (Wildman–Crippen LogP) is 4.14. The molecule has 0 atom stereocenters. The number of oxazole rings is 1. The Labute approximate surface area is 191 Å². The van der Waals surface area contributed by atoms with Gasteiger partial charge in [0.05, 0.1) is 13.2 Å². The number of nitrogens with zero attached hydrogens (tertiary/aromatic N) is 4. The molecule has 2 aromatic heterocycles. The lowest BCUT2D eigenvalue weighted by Gasteiger charge is -2.06. The van der Waals surface area contributed by atoms with Crippen LogP contribution in [0.1, 0.15) is 40.0 Å². The van der Waals surface area contributed by atoms with E-state index < -0.39 is 5.91 Å². The standard InChI is InChI=1S/C24H26N6O3/c1-5-32-19-8-6-17(7-9-19)24-27-20(16(4)33-24)13-30-22(25)21(28-29-30)23(31)26-18-11-14(2)10-15(3)12-18/h6-12H,5,13,25H2,1-4H3,(H,26,31). The van der Waals surface area contributed by atoms with Crippen molar-refractivity contribution < 1.29 is 13.9 Å². The van der Waals surface area contributed by atoms with Gasteiger partial charge in [0.25, 0.3) is 5.91 Å². The topological polar surface area (TPSA) is 121 Å². The molecule has 0 saturated carbocycles. The Morgan fingerprint density at radius 1 is 1.12 bits per heavy atom. The molecule has 170 valence electrons. The van der Waals surface area contributed by atoms with Gasteiger partial charge in [0.15, 0.2) is 11.5 Å². The number of anilines is 2. The fourth-order valence-corrected chi connectivity index (χ4v) is 3.54. The molecule has 3 N–H and O–H groups in total. The van der Waals surface area contributed by atoms with E-state index in [0.717, 1.165) is 22.4 Å². The van der Waals surface area contributed by atoms with E-state index in [9.17, 15) is 4.79 Å². The number of aryl methyl sites for hydroxylation is 3. The molecule has 0 fully saturated rings. The molecule has 0 aliphatic carbocycles. The lowest BCUT2D eigenvalue weighted by Crippen LogP contribution is -2.15. The van der Waals surface area contributed by atoms with Crippen molar-refractivity contribution in [3.8, 4) is 17.2 Å². The Balaban J connectivity index is 1.50. The number of hydrogen-bond donors (Lipinski definition) is 2. The van der Waals surface area contributed by atoms with Crippen LogP contribution in [0.4, 0.5) is 11.5 Å². The number of ether oxygens (including phenoxy) is 1. The van der Waals surface area contributed by atoms with Crippen LogP contribution in [0, 0.1) is 20.8 Å². The Morgan fingerprint density at radius 3 is 2.48 bits per heavy atom. The van der Waals surface area contributed by atoms with E-state index in [1.54, 1.807) is 0 Å². The number of rotatable bonds is 7. The summed E-state index contributed by atoms with van der Waals surface area (Å²) in [7, 11) is 0. The fourth-order valence-electron chi connectivity index (χ4n) is 3.54. The molecule has 0 unspecified atom stereocenters. The summed E-state index contributed by atoms with van der Waals surface area (Å²) in [6, 6.07) is 13.3. The van der Waals surface area contributed by atoms with E-state index in [1.807, 2.05) is 70.2 Å². The number of nitrogens with two attached hydrogens (primary N) is 1. The van der Waals surface area contributed by atoms with Crippen LogP contribution in [-0.2, 0) is 6.54 Å². The van der Waals surface area contributed by atoms with Crippen LogP contribution >= 0.6 is 0 Å². The molecule has 0 saturated heterocycles. The van der Waals surface area contributed by atoms with Crippen molar-refractivity contribution in [3.05, 3.63) is 70.7 Å². The average molecular weight is 447 g/mol. The van der Waals surface area contributed by atoms with Crippen molar-refractivity contribution in [2.75, 3.05) is 17.7 Å². The third-order valence-corrected chi connectivity index (χ3v) is 5.07. The largest absolute Gasteiger partial charge is 0.494 e. The summed E-state index contributed by atoms with van der Waals surface area (Å²) in [6.45, 7) is 8.52. The van der Waals surface area contributed by atoms with Gasteiger partial charge in [-0.25, -0.2) is 9.67 Å². The number of aromatic nitrogens is 4. The van der Waals surface area contributed by atoms with Crippen LogP contribution in [0.2, 0.25) is 0 Å². The van der Waals surface area contributed by atoms with Crippen LogP contribution < -0.4 is 15.8 Å². The molecule has 1 amide bonds. The van der Waals surface area contributed by atoms with Gasteiger partial charge in [-0.15, -0.1) is 5.10 Å². The first kappa shape index (κ1) is 22.1. The molecule has 0 bridgehead atoms. The van der Waals surface area contributed by atoms with Crippen LogP contribution in [-0.4, -0.2) is 32.5 Å². The van der Waals surface area contributed by atoms with Crippen molar-refractivity contribution in [3.63, 3.8) is 0 Å². The normalized spacial score (nSPS) is 10.9. The monoisotopic (exact) mass is 446 g/mol. The van der Waals surface area contributed by atoms with Gasteiger partial charge in [0, 0.05) is 11.3 Å². The quantitative estimate of drug-likeness (QED) is 0.437. The number of carbonyl (C=O) groups is 1. The minimum absolute atomic E-state index is 0.0574. The number of nitrogens with one attached hydrogen (secondary N) is 1. The Morgan fingerprint density at radius 2 is 1.82 bits per heavy atom. The van der Waals surface area contributed by atoms with Gasteiger partial charge in [0.1, 0.15) is 17.2 Å². The molecule has 4 rings (SSSR count). The second-order valence-electron chi connectivity index (χ2n) is 7.79. The summed E-state index contributed by atoms with van der Waals surface area (Å²) in [5.41, 5.74) is 10.5. The van der Waals surface area contributed by atoms with Gasteiger partial charge in [-0.1, -0.05) is 11.3 Å². The van der Waals surface area contributed by atoms with Crippen LogP contribution in [0.5, 0.6) is 5.75 Å². The van der Waals surface area contributed by atoms with E-state index in [0.29, 0.717) is 29.6 Å². The van der Waals surface area contributed by atoms with Gasteiger partial charge < -0.3 is 20.2 Å². The number of carbonyl (C=O) groups excluding carboxylic acids is 1. The van der Waals surface area contributed by atoms with Crippen molar-refractivity contribution in [1.82, 2.24) is 20.0 Å². The van der Waals surface area contributed by atoms with Gasteiger partial charge >= 0.3 is 0 Å². The molecule has 0 aliphatic rings. The highest BCUT2D eigenvalue weighted by molar-refractivity contribution is 6.05. The lowest BCUT2D eigenvalue weighted by molar-refractivity contribution is 0.102. The van der Waals surface area contributed by atoms with E-state index >= 15 is 0 Å². The number of hydrogen-bond acceptors (Lipinski definition) is 7. The summed E-state index contributed by atoms with van der Waals surface area (Å²) >= 11 is 0. The van der Waals surface area contributed by atoms with Gasteiger partial charge in [-0.05, 0) is 75.2 Å². The molecule has 2 heterocycles. The Hall–Kier alpha value is -4.14. The summed E-state index contributed by atoms with van der Waals surface area (Å²) < 4.78 is 12.7. The second kappa shape index (κ2) is 9.15. The van der Waals surface area contributed by atoms with E-state index in [4.69, 9.17) is 14.9 Å². The second-order valence-corrected chi connectivity index (χ2v) is 7.79. The number of nitrogen functional groups attached to an aromatic ring is 1. The molecular formula is C24H26N6O3. The van der Waals surface area contributed by atoms with Crippen molar-refractivity contribution in [2.45, 2.75) is 34.2 Å². The van der Waals surface area contributed by atoms with Crippen LogP contribution in [0.3, 0.4) is 0 Å². The maximum atomic E-state index is 12.7. The summed E-state index contributed by atoms with van der Waals surface area (Å²) in [5.74, 6) is 1.64. The zero-order chi connectivity index (χ0) is 23.5. The summed E-state index contributed by atoms with van der Waals surface area (Å²) in [4.78, 5) is 17.3. The maximum Gasteiger partial charge on any atom is 0.280 e. The zero-order valence-corrected chi connectivity index (χ0v) is 19.0. The molecular weight excluding hydrogens is 420 g/mol. The minimum atomic E-state index is -0.421. The Bertz CT molecular complexity index is 1270. The first-order chi connectivity index (χ1) is 15.8. The van der Waals surface area contributed by atoms with Crippen LogP contribution in [0.15, 0.2) is 46.9 Å². The molecule has 9 nitrogen and oxygen atoms in total. The van der Waals surface area contributed by atoms with Crippen molar-refractivity contribution in [1.29, 1.82) is 0 Å². The van der Waals surface area contributed by atoms with Crippen molar-refractivity contribution in [2.24, 2.45) is 0 Å². The predicted molar refractivity (Wildman–Crippen MR) is 125 cm³/mol. The molecule has 0 radical (unpaired) electrons. The molecule has 33 heavy (non-hydrogen) atoms. The first-order valence-corrected chi connectivity index (χ1v) is 10.6. The van der Waals surface area contributed by atoms with Gasteiger partial charge in [-0.2, -0.15) is 0 Å². The van der Waals surface area contributed by atoms with E-state index in [-0.39, 0.29) is 18.1 Å². The SMILES string of the molecule is CCOc1ccc(-c2nc(Cn3nnc(C(=O)Nc4cc(C)cc(C)c4)c3N)c(C)o2)cc1. The van der Waals surface area contributed by atoms with Crippen molar-refractivity contribution >= 4 is 17.4 Å². The molecule has 2 aromatic carbocycles. The highest BCUT2D eigenvalue weighted by Crippen LogP contribution is 2.25. The third kappa shape index (κ3) is 4.87. The van der Waals surface area contributed by atoms with Crippen LogP contribution in [0.25, 0.3) is 11.5 Å². The molecule has 4 aromatic rings. The number of benzene rings is 2. The van der Waals surface area contributed by atoms with E-state index in [2.05, 4.69) is 20.6 Å². The highest BCUT2D eigenvalue weighted by atomic mass is 16.5. The zero-order valence-electron chi connectivity index (χ0n) is 19.0. The molecule has 0 spiro atoms. The summed E-state index contributed by atoms with van der Waals surface area (Å²) in [5, 5.41) is 10.9. The summed E-state index contributed by atoms with van der Waals surface area (Å²) in [6.07, 6.45) is 0. The third-order valence-electron chi connectivity index (χ3n) is 5.07. The minimum Gasteiger partial charge on any atom is -0.494 e. The maximum absolute atomic E-state index is 12.7. The molecule has 9 heteroatoms. The lowest BCUT2D eigenvalue weighted by atomic mass is 10.1.